The average Bonchev–Trinajstić information content (AvgIpc) is 2.65. The van der Waals surface area contributed by atoms with E-state index in [1.54, 1.807) is 23.9 Å². The summed E-state index contributed by atoms with van der Waals surface area (Å²) in [5.41, 5.74) is -0.452. The summed E-state index contributed by atoms with van der Waals surface area (Å²) < 4.78 is 53.4. The Morgan fingerprint density at radius 1 is 0.963 bits per heavy atom. The summed E-state index contributed by atoms with van der Waals surface area (Å²) in [6, 6.07) is 7.50. The van der Waals surface area contributed by atoms with Gasteiger partial charge in [0.2, 0.25) is 0 Å². The van der Waals surface area contributed by atoms with Gasteiger partial charge in [-0.2, -0.15) is 0 Å². The highest BCUT2D eigenvalue weighted by Gasteiger charge is 2.22. The molecule has 0 spiro atoms. The number of carbonyl (C=O) groups is 1. The third kappa shape index (κ3) is 5.96. The maximum atomic E-state index is 13.6. The van der Waals surface area contributed by atoms with E-state index in [0.717, 1.165) is 23.1 Å². The van der Waals surface area contributed by atoms with Gasteiger partial charge in [-0.1, -0.05) is 44.4 Å². The summed E-state index contributed by atoms with van der Waals surface area (Å²) in [5, 5.41) is 0. The Hall–Kier alpha value is -2.08. The van der Waals surface area contributed by atoms with Crippen LogP contribution in [-0.2, 0) is 0 Å². The summed E-state index contributed by atoms with van der Waals surface area (Å²) in [7, 11) is 0. The first-order valence-electron chi connectivity index (χ1n) is 8.72. The van der Waals surface area contributed by atoms with Crippen LogP contribution in [0.3, 0.4) is 0 Å². The van der Waals surface area contributed by atoms with Gasteiger partial charge in [0.05, 0.1) is 5.56 Å². The van der Waals surface area contributed by atoms with Crippen molar-refractivity contribution in [3.05, 3.63) is 70.8 Å². The maximum Gasteiger partial charge on any atom is 0.195 e. The van der Waals surface area contributed by atoms with Crippen LogP contribution in [0.15, 0.2) is 41.3 Å². The predicted molar refractivity (Wildman–Crippen MR) is 101 cm³/mol. The van der Waals surface area contributed by atoms with Crippen LogP contribution in [0.5, 0.6) is 0 Å². The number of thioether (sulfide) groups is 1. The van der Waals surface area contributed by atoms with Gasteiger partial charge in [-0.05, 0) is 35.9 Å². The van der Waals surface area contributed by atoms with E-state index in [1.807, 2.05) is 12.1 Å². The van der Waals surface area contributed by atoms with Crippen LogP contribution in [0.2, 0.25) is 0 Å². The number of unbranched alkanes of at least 4 members (excludes halogenated alkanes) is 3. The molecule has 6 heteroatoms. The van der Waals surface area contributed by atoms with Crippen molar-refractivity contribution in [2.45, 2.75) is 37.5 Å². The number of benzene rings is 2. The number of hydrogen-bond acceptors (Lipinski definition) is 2. The minimum atomic E-state index is -1.87. The minimum Gasteiger partial charge on any atom is -0.289 e. The normalized spacial score (nSPS) is 11.3. The first-order chi connectivity index (χ1) is 12.9. The highest BCUT2D eigenvalue weighted by atomic mass is 32.2. The summed E-state index contributed by atoms with van der Waals surface area (Å²) in [6.45, 7) is 2.17. The molecule has 0 N–H and O–H groups in total. The van der Waals surface area contributed by atoms with Gasteiger partial charge in [0, 0.05) is 11.0 Å². The zero-order chi connectivity index (χ0) is 19.8. The second-order valence-electron chi connectivity index (χ2n) is 6.02. The quantitative estimate of drug-likeness (QED) is 0.0881. The molecule has 0 unspecified atom stereocenters. The van der Waals surface area contributed by atoms with Gasteiger partial charge in [-0.25, -0.2) is 17.6 Å². The molecular formula is C21H20F4OS. The van der Waals surface area contributed by atoms with Gasteiger partial charge in [-0.15, -0.1) is 11.8 Å². The van der Waals surface area contributed by atoms with Gasteiger partial charge in [0.25, 0.3) is 0 Å². The van der Waals surface area contributed by atoms with Crippen molar-refractivity contribution >= 4 is 23.6 Å². The van der Waals surface area contributed by atoms with Crippen molar-refractivity contribution in [2.24, 2.45) is 0 Å². The molecule has 0 radical (unpaired) electrons. The molecule has 0 bridgehead atoms. The maximum absolute atomic E-state index is 13.6. The Labute approximate surface area is 160 Å². The highest BCUT2D eigenvalue weighted by Crippen LogP contribution is 2.22. The van der Waals surface area contributed by atoms with E-state index in [2.05, 4.69) is 6.92 Å². The second kappa shape index (κ2) is 10.3. The molecule has 2 aromatic rings. The van der Waals surface area contributed by atoms with Crippen LogP contribution in [-0.4, -0.2) is 11.5 Å². The van der Waals surface area contributed by atoms with Gasteiger partial charge in [-0.3, -0.25) is 4.79 Å². The van der Waals surface area contributed by atoms with E-state index >= 15 is 0 Å². The predicted octanol–water partition coefficient (Wildman–Crippen LogP) is 6.81. The van der Waals surface area contributed by atoms with Crippen LogP contribution in [0.4, 0.5) is 17.6 Å². The number of rotatable bonds is 9. The zero-order valence-electron chi connectivity index (χ0n) is 14.9. The van der Waals surface area contributed by atoms with E-state index in [9.17, 15) is 22.4 Å². The van der Waals surface area contributed by atoms with Crippen LogP contribution in [0, 0.1) is 23.3 Å². The average molecular weight is 396 g/mol. The molecule has 1 nitrogen and oxygen atoms in total. The molecule has 0 fully saturated rings. The first kappa shape index (κ1) is 21.2. The molecule has 2 rings (SSSR count). The Morgan fingerprint density at radius 2 is 1.67 bits per heavy atom. The molecule has 0 aliphatic carbocycles. The summed E-state index contributed by atoms with van der Waals surface area (Å²) in [5.74, 6) is -6.84. The van der Waals surface area contributed by atoms with E-state index in [-0.39, 0.29) is 6.07 Å². The van der Waals surface area contributed by atoms with Gasteiger partial charge < -0.3 is 0 Å². The lowest BCUT2D eigenvalue weighted by Gasteiger charge is -2.04. The van der Waals surface area contributed by atoms with E-state index in [1.165, 1.54) is 25.3 Å². The zero-order valence-corrected chi connectivity index (χ0v) is 15.7. The highest BCUT2D eigenvalue weighted by molar-refractivity contribution is 7.99. The lowest BCUT2D eigenvalue weighted by molar-refractivity contribution is 0.103. The number of hydrogen-bond donors (Lipinski definition) is 0. The number of allylic oxidation sites excluding steroid dienone is 1. The number of halogens is 4. The van der Waals surface area contributed by atoms with Crippen molar-refractivity contribution in [1.29, 1.82) is 0 Å². The number of carbonyl (C=O) groups excluding carboxylic acids is 1. The Balaban J connectivity index is 2.00. The molecule has 144 valence electrons. The van der Waals surface area contributed by atoms with E-state index in [0.29, 0.717) is 5.56 Å². The standard InChI is InChI=1S/C21H20F4OS/c1-2-3-4-5-12-27-15-9-6-14(7-10-15)8-11-18(26)19-16(22)13-17(23)20(24)21(19)25/h6-11,13H,2-5,12H2,1H3/b11-8+. The van der Waals surface area contributed by atoms with Crippen LogP contribution < -0.4 is 0 Å². The third-order valence-electron chi connectivity index (χ3n) is 3.93. The first-order valence-corrected chi connectivity index (χ1v) is 9.70. The summed E-state index contributed by atoms with van der Waals surface area (Å²) in [6.07, 6.45) is 7.10. The van der Waals surface area contributed by atoms with Crippen molar-refractivity contribution in [2.75, 3.05) is 5.75 Å². The van der Waals surface area contributed by atoms with Crippen molar-refractivity contribution in [3.63, 3.8) is 0 Å². The largest absolute Gasteiger partial charge is 0.289 e. The van der Waals surface area contributed by atoms with Crippen LogP contribution in [0.1, 0.15) is 48.5 Å². The van der Waals surface area contributed by atoms with Crippen LogP contribution >= 0.6 is 11.8 Å². The smallest absolute Gasteiger partial charge is 0.195 e. The van der Waals surface area contributed by atoms with Crippen molar-refractivity contribution in [3.8, 4) is 0 Å². The lowest BCUT2D eigenvalue weighted by atomic mass is 10.1. The fourth-order valence-corrected chi connectivity index (χ4v) is 3.35. The molecule has 0 saturated heterocycles. The molecule has 27 heavy (non-hydrogen) atoms. The molecular weight excluding hydrogens is 376 g/mol. The third-order valence-corrected chi connectivity index (χ3v) is 5.03. The van der Waals surface area contributed by atoms with E-state index in [4.69, 9.17) is 0 Å². The molecule has 0 aromatic heterocycles. The Kier molecular flexibility index (Phi) is 8.10. The van der Waals surface area contributed by atoms with Crippen LogP contribution in [0.25, 0.3) is 6.08 Å². The Morgan fingerprint density at radius 3 is 2.33 bits per heavy atom. The Bertz CT molecular complexity index is 816. The molecule has 0 saturated carbocycles. The topological polar surface area (TPSA) is 17.1 Å². The monoisotopic (exact) mass is 396 g/mol. The van der Waals surface area contributed by atoms with Crippen molar-refractivity contribution in [1.82, 2.24) is 0 Å². The molecule has 2 aromatic carbocycles. The lowest BCUT2D eigenvalue weighted by Crippen LogP contribution is -2.07. The molecule has 0 aliphatic heterocycles. The van der Waals surface area contributed by atoms with Gasteiger partial charge in [0.15, 0.2) is 23.2 Å². The molecule has 0 heterocycles. The fraction of sp³-hybridized carbons (Fsp3) is 0.286. The van der Waals surface area contributed by atoms with Crippen molar-refractivity contribution < 1.29 is 22.4 Å². The molecule has 0 atom stereocenters. The summed E-state index contributed by atoms with van der Waals surface area (Å²) >= 11 is 1.74. The van der Waals surface area contributed by atoms with E-state index < -0.39 is 34.6 Å². The number of ketones is 1. The fourth-order valence-electron chi connectivity index (χ4n) is 2.44. The van der Waals surface area contributed by atoms with Gasteiger partial charge >= 0.3 is 0 Å². The minimum absolute atomic E-state index is 0.159. The van der Waals surface area contributed by atoms with Gasteiger partial charge in [0.1, 0.15) is 5.82 Å². The SMILES string of the molecule is CCCCCCSc1ccc(/C=C/C(=O)c2c(F)cc(F)c(F)c2F)cc1. The summed E-state index contributed by atoms with van der Waals surface area (Å²) in [4.78, 5) is 13.0. The second-order valence-corrected chi connectivity index (χ2v) is 7.19. The molecule has 0 aliphatic rings. The molecule has 0 amide bonds.